The van der Waals surface area contributed by atoms with Gasteiger partial charge in [0.1, 0.15) is 0 Å². The Hall–Kier alpha value is -2.51. The van der Waals surface area contributed by atoms with Crippen molar-refractivity contribution in [2.75, 3.05) is 12.4 Å². The molecular formula is C18H15ClN4O2S. The van der Waals surface area contributed by atoms with Crippen LogP contribution in [0.3, 0.4) is 0 Å². The molecule has 1 N–H and O–H groups in total. The summed E-state index contributed by atoms with van der Waals surface area (Å²) in [5, 5.41) is 3.98. The Balaban J connectivity index is 1.60. The molecule has 4 rings (SSSR count). The van der Waals surface area contributed by atoms with Crippen molar-refractivity contribution < 1.29 is 9.59 Å². The zero-order valence-corrected chi connectivity index (χ0v) is 15.4. The summed E-state index contributed by atoms with van der Waals surface area (Å²) < 4.78 is 0.899. The van der Waals surface area contributed by atoms with Gasteiger partial charge in [-0.05, 0) is 29.8 Å². The lowest BCUT2D eigenvalue weighted by atomic mass is 9.94. The molecule has 0 radical (unpaired) electrons. The van der Waals surface area contributed by atoms with Crippen LogP contribution in [0, 0.1) is 5.92 Å². The lowest BCUT2D eigenvalue weighted by Crippen LogP contribution is -2.30. The molecule has 26 heavy (non-hydrogen) atoms. The minimum Gasteiger partial charge on any atom is -0.338 e. The highest BCUT2D eigenvalue weighted by molar-refractivity contribution is 7.22. The van der Waals surface area contributed by atoms with Crippen LogP contribution in [0.15, 0.2) is 42.7 Å². The van der Waals surface area contributed by atoms with E-state index in [4.69, 9.17) is 11.6 Å². The van der Waals surface area contributed by atoms with Gasteiger partial charge in [-0.25, -0.2) is 4.98 Å². The van der Waals surface area contributed by atoms with Gasteiger partial charge in [-0.3, -0.25) is 14.6 Å². The largest absolute Gasteiger partial charge is 0.338 e. The van der Waals surface area contributed by atoms with Gasteiger partial charge in [-0.2, -0.15) is 0 Å². The molecule has 1 fully saturated rings. The number of carbonyl (C=O) groups is 2. The maximum atomic E-state index is 12.9. The first-order chi connectivity index (χ1) is 12.5. The van der Waals surface area contributed by atoms with Gasteiger partial charge in [-0.1, -0.05) is 29.0 Å². The van der Waals surface area contributed by atoms with E-state index >= 15 is 0 Å². The molecule has 1 aromatic carbocycles. The standard InChI is InChI=1S/C18H15ClN4O2S/c1-23-15(24)8-12(16(23)10-3-2-6-20-9-10)17(25)22-18-21-13-5-4-11(19)7-14(13)26-18/h2-7,9,12,16H,8H2,1H3,(H,21,22,25). The third-order valence-electron chi connectivity index (χ3n) is 4.53. The van der Waals surface area contributed by atoms with E-state index in [0.717, 1.165) is 15.8 Å². The summed E-state index contributed by atoms with van der Waals surface area (Å²) in [5.74, 6) is -0.774. The molecule has 0 saturated carbocycles. The number of likely N-dealkylation sites (tertiary alicyclic amines) is 1. The number of thiazole rings is 1. The summed E-state index contributed by atoms with van der Waals surface area (Å²) in [6.45, 7) is 0. The molecule has 2 atom stereocenters. The van der Waals surface area contributed by atoms with Crippen molar-refractivity contribution in [2.24, 2.45) is 5.92 Å². The maximum absolute atomic E-state index is 12.9. The van der Waals surface area contributed by atoms with Crippen molar-refractivity contribution in [2.45, 2.75) is 12.5 Å². The average Bonchev–Trinajstić information content (AvgIpc) is 3.16. The summed E-state index contributed by atoms with van der Waals surface area (Å²) in [7, 11) is 1.72. The summed E-state index contributed by atoms with van der Waals surface area (Å²) in [4.78, 5) is 35.2. The van der Waals surface area contributed by atoms with Gasteiger partial charge < -0.3 is 10.2 Å². The Kier molecular flexibility index (Phi) is 4.34. The van der Waals surface area contributed by atoms with E-state index in [1.165, 1.54) is 11.3 Å². The first-order valence-corrected chi connectivity index (χ1v) is 9.25. The highest BCUT2D eigenvalue weighted by Crippen LogP contribution is 2.38. The third kappa shape index (κ3) is 3.04. The van der Waals surface area contributed by atoms with Crippen LogP contribution in [0.4, 0.5) is 5.13 Å². The Labute approximate surface area is 158 Å². The highest BCUT2D eigenvalue weighted by Gasteiger charge is 2.43. The predicted octanol–water partition coefficient (Wildman–Crippen LogP) is 3.50. The fraction of sp³-hybridized carbons (Fsp3) is 0.222. The molecule has 132 valence electrons. The number of hydrogen-bond donors (Lipinski definition) is 1. The molecule has 1 aliphatic heterocycles. The number of rotatable bonds is 3. The van der Waals surface area contributed by atoms with Crippen LogP contribution < -0.4 is 5.32 Å². The summed E-state index contributed by atoms with van der Waals surface area (Å²) in [6.07, 6.45) is 3.53. The average molecular weight is 387 g/mol. The number of carbonyl (C=O) groups excluding carboxylic acids is 2. The van der Waals surface area contributed by atoms with E-state index in [9.17, 15) is 9.59 Å². The van der Waals surface area contributed by atoms with Crippen molar-refractivity contribution in [3.63, 3.8) is 0 Å². The van der Waals surface area contributed by atoms with Gasteiger partial charge in [-0.15, -0.1) is 0 Å². The number of halogens is 1. The number of pyridine rings is 1. The van der Waals surface area contributed by atoms with Crippen LogP contribution in [0.25, 0.3) is 10.2 Å². The SMILES string of the molecule is CN1C(=O)CC(C(=O)Nc2nc3ccc(Cl)cc3s2)C1c1cccnc1. The van der Waals surface area contributed by atoms with Crippen LogP contribution in [0.5, 0.6) is 0 Å². The Morgan fingerprint density at radius 1 is 1.38 bits per heavy atom. The molecule has 0 aliphatic carbocycles. The van der Waals surface area contributed by atoms with Gasteiger partial charge in [0.15, 0.2) is 5.13 Å². The van der Waals surface area contributed by atoms with Gasteiger partial charge in [0.25, 0.3) is 0 Å². The van der Waals surface area contributed by atoms with Crippen LogP contribution in [0.1, 0.15) is 18.0 Å². The zero-order valence-electron chi connectivity index (χ0n) is 13.8. The van der Waals surface area contributed by atoms with Crippen LogP contribution in [-0.2, 0) is 9.59 Å². The summed E-state index contributed by atoms with van der Waals surface area (Å²) in [6, 6.07) is 8.74. The number of hydrogen-bond acceptors (Lipinski definition) is 5. The van der Waals surface area contributed by atoms with Crippen LogP contribution in [0.2, 0.25) is 5.02 Å². The molecule has 0 bridgehead atoms. The number of nitrogens with zero attached hydrogens (tertiary/aromatic N) is 3. The van der Waals surface area contributed by atoms with Gasteiger partial charge in [0.05, 0.1) is 22.2 Å². The minimum absolute atomic E-state index is 0.0601. The van der Waals surface area contributed by atoms with Crippen molar-refractivity contribution in [3.8, 4) is 0 Å². The second-order valence-corrected chi connectivity index (χ2v) is 7.63. The lowest BCUT2D eigenvalue weighted by molar-refractivity contribution is -0.127. The monoisotopic (exact) mass is 386 g/mol. The Morgan fingerprint density at radius 2 is 2.23 bits per heavy atom. The fourth-order valence-corrected chi connectivity index (χ4v) is 4.41. The van der Waals surface area contributed by atoms with Crippen molar-refractivity contribution in [1.29, 1.82) is 0 Å². The smallest absolute Gasteiger partial charge is 0.232 e. The van der Waals surface area contributed by atoms with Crippen LogP contribution in [-0.4, -0.2) is 33.7 Å². The molecule has 1 aliphatic rings. The van der Waals surface area contributed by atoms with E-state index in [0.29, 0.717) is 10.2 Å². The summed E-state index contributed by atoms with van der Waals surface area (Å²) in [5.41, 5.74) is 1.62. The van der Waals surface area contributed by atoms with Crippen LogP contribution >= 0.6 is 22.9 Å². The van der Waals surface area contributed by atoms with Crippen molar-refractivity contribution in [3.05, 3.63) is 53.3 Å². The Bertz CT molecular complexity index is 991. The minimum atomic E-state index is -0.493. The maximum Gasteiger partial charge on any atom is 0.232 e. The number of benzene rings is 1. The Morgan fingerprint density at radius 3 is 3.00 bits per heavy atom. The molecule has 2 aromatic heterocycles. The van der Waals surface area contributed by atoms with Gasteiger partial charge in [0, 0.05) is 30.9 Å². The second kappa shape index (κ2) is 6.66. The number of fused-ring (bicyclic) bond motifs is 1. The molecule has 1 saturated heterocycles. The van der Waals surface area contributed by atoms with E-state index in [1.807, 2.05) is 18.2 Å². The molecule has 3 heterocycles. The molecular weight excluding hydrogens is 372 g/mol. The lowest BCUT2D eigenvalue weighted by Gasteiger charge is -2.24. The normalized spacial score (nSPS) is 19.9. The molecule has 2 amide bonds. The van der Waals surface area contributed by atoms with Crippen molar-refractivity contribution in [1.82, 2.24) is 14.9 Å². The fourth-order valence-electron chi connectivity index (χ4n) is 3.26. The van der Waals surface area contributed by atoms with Gasteiger partial charge in [0.2, 0.25) is 11.8 Å². The molecule has 6 nitrogen and oxygen atoms in total. The first kappa shape index (κ1) is 16.9. The number of anilines is 1. The van der Waals surface area contributed by atoms with E-state index in [1.54, 1.807) is 36.5 Å². The topological polar surface area (TPSA) is 75.2 Å². The molecule has 8 heteroatoms. The zero-order chi connectivity index (χ0) is 18.3. The molecule has 3 aromatic rings. The number of nitrogens with one attached hydrogen (secondary N) is 1. The quantitative estimate of drug-likeness (QED) is 0.747. The van der Waals surface area contributed by atoms with Crippen molar-refractivity contribution >= 4 is 50.1 Å². The highest BCUT2D eigenvalue weighted by atomic mass is 35.5. The number of amides is 2. The third-order valence-corrected chi connectivity index (χ3v) is 5.70. The van der Waals surface area contributed by atoms with Gasteiger partial charge >= 0.3 is 0 Å². The van der Waals surface area contributed by atoms with E-state index in [-0.39, 0.29) is 24.3 Å². The molecule has 2 unspecified atom stereocenters. The number of aromatic nitrogens is 2. The second-order valence-electron chi connectivity index (χ2n) is 6.17. The predicted molar refractivity (Wildman–Crippen MR) is 101 cm³/mol. The first-order valence-electron chi connectivity index (χ1n) is 8.05. The van der Waals surface area contributed by atoms with E-state index in [2.05, 4.69) is 15.3 Å². The molecule has 0 spiro atoms. The summed E-state index contributed by atoms with van der Waals surface area (Å²) >= 11 is 7.36. The van der Waals surface area contributed by atoms with E-state index < -0.39 is 5.92 Å².